The van der Waals surface area contributed by atoms with Gasteiger partial charge in [0.25, 0.3) is 0 Å². The van der Waals surface area contributed by atoms with E-state index in [4.69, 9.17) is 14.2 Å². The second-order valence-electron chi connectivity index (χ2n) is 4.04. The Kier molecular flexibility index (Phi) is 5.08. The smallest absolute Gasteiger partial charge is 0.303 e. The normalized spacial score (nSPS) is 26.5. The SMILES string of the molecule is CC(=O)OC[C@H]1NC[C@H](OC(C)=O)[C@@H]1OC(C)=O. The molecule has 1 aliphatic rings. The monoisotopic (exact) mass is 259 g/mol. The minimum absolute atomic E-state index is 0.0606. The molecule has 7 nitrogen and oxygen atoms in total. The molecule has 1 heterocycles. The molecule has 102 valence electrons. The Morgan fingerprint density at radius 2 is 1.67 bits per heavy atom. The maximum atomic E-state index is 11.0. The summed E-state index contributed by atoms with van der Waals surface area (Å²) < 4.78 is 15.0. The summed E-state index contributed by atoms with van der Waals surface area (Å²) in [5, 5.41) is 2.99. The van der Waals surface area contributed by atoms with Crippen molar-refractivity contribution in [2.45, 2.75) is 39.0 Å². The lowest BCUT2D eigenvalue weighted by Crippen LogP contribution is -2.41. The van der Waals surface area contributed by atoms with Gasteiger partial charge in [-0.1, -0.05) is 0 Å². The maximum absolute atomic E-state index is 11.0. The average molecular weight is 259 g/mol. The minimum Gasteiger partial charge on any atom is -0.464 e. The molecule has 1 rings (SSSR count). The van der Waals surface area contributed by atoms with Crippen LogP contribution in [0.4, 0.5) is 0 Å². The number of rotatable bonds is 4. The lowest BCUT2D eigenvalue weighted by Gasteiger charge is -2.22. The number of hydrogen-bond acceptors (Lipinski definition) is 7. The third-order valence-electron chi connectivity index (χ3n) is 2.43. The number of carbonyl (C=O) groups is 3. The van der Waals surface area contributed by atoms with Crippen LogP contribution in [0.1, 0.15) is 20.8 Å². The number of esters is 3. The third kappa shape index (κ3) is 4.33. The van der Waals surface area contributed by atoms with Gasteiger partial charge in [-0.3, -0.25) is 14.4 Å². The molecule has 0 unspecified atom stereocenters. The number of nitrogens with one attached hydrogen (secondary N) is 1. The van der Waals surface area contributed by atoms with E-state index in [9.17, 15) is 14.4 Å². The molecule has 0 aromatic rings. The van der Waals surface area contributed by atoms with Crippen molar-refractivity contribution < 1.29 is 28.6 Å². The van der Waals surface area contributed by atoms with E-state index in [0.717, 1.165) is 0 Å². The van der Waals surface area contributed by atoms with Crippen LogP contribution in [0.5, 0.6) is 0 Å². The van der Waals surface area contributed by atoms with E-state index in [1.807, 2.05) is 0 Å². The zero-order valence-electron chi connectivity index (χ0n) is 10.6. The molecule has 0 bridgehead atoms. The summed E-state index contributed by atoms with van der Waals surface area (Å²) in [4.78, 5) is 32.7. The van der Waals surface area contributed by atoms with Crippen LogP contribution in [-0.4, -0.2) is 49.3 Å². The van der Waals surface area contributed by atoms with E-state index in [2.05, 4.69) is 5.32 Å². The Morgan fingerprint density at radius 3 is 2.17 bits per heavy atom. The van der Waals surface area contributed by atoms with Crippen LogP contribution in [0, 0.1) is 0 Å². The molecule has 1 aliphatic heterocycles. The minimum atomic E-state index is -0.647. The van der Waals surface area contributed by atoms with Gasteiger partial charge < -0.3 is 19.5 Å². The van der Waals surface area contributed by atoms with Crippen molar-refractivity contribution in [3.8, 4) is 0 Å². The summed E-state index contributed by atoms with van der Waals surface area (Å²) in [5.74, 6) is -1.35. The first-order valence-corrected chi connectivity index (χ1v) is 5.61. The molecule has 0 radical (unpaired) electrons. The molecule has 1 saturated heterocycles. The van der Waals surface area contributed by atoms with Gasteiger partial charge in [0, 0.05) is 27.3 Å². The Labute approximate surface area is 105 Å². The van der Waals surface area contributed by atoms with E-state index in [0.29, 0.717) is 6.54 Å². The molecule has 0 spiro atoms. The Balaban J connectivity index is 2.63. The summed E-state index contributed by atoms with van der Waals surface area (Å²) in [5.41, 5.74) is 0. The van der Waals surface area contributed by atoms with E-state index in [1.165, 1.54) is 20.8 Å². The largest absolute Gasteiger partial charge is 0.464 e. The number of ether oxygens (including phenoxy) is 3. The predicted molar refractivity (Wildman–Crippen MR) is 59.5 cm³/mol. The molecular weight excluding hydrogens is 242 g/mol. The summed E-state index contributed by atoms with van der Waals surface area (Å²) in [6, 6.07) is -0.373. The van der Waals surface area contributed by atoms with Gasteiger partial charge in [0.15, 0.2) is 12.2 Å². The van der Waals surface area contributed by atoms with Gasteiger partial charge in [-0.25, -0.2) is 0 Å². The van der Waals surface area contributed by atoms with Gasteiger partial charge >= 0.3 is 17.9 Å². The standard InChI is InChI=1S/C11H17NO6/c1-6(13)16-5-9-11(18-8(3)15)10(4-12-9)17-7(2)14/h9-12H,4-5H2,1-3H3/t9-,10+,11-/m1/s1. The molecule has 0 aliphatic carbocycles. The van der Waals surface area contributed by atoms with E-state index in [1.54, 1.807) is 0 Å². The zero-order chi connectivity index (χ0) is 13.7. The van der Waals surface area contributed by atoms with Crippen LogP contribution in [0.2, 0.25) is 0 Å². The van der Waals surface area contributed by atoms with Crippen LogP contribution >= 0.6 is 0 Å². The predicted octanol–water partition coefficient (Wildman–Crippen LogP) is -0.615. The van der Waals surface area contributed by atoms with E-state index in [-0.39, 0.29) is 12.6 Å². The summed E-state index contributed by atoms with van der Waals surface area (Å²) in [6.07, 6.45) is -1.21. The summed E-state index contributed by atoms with van der Waals surface area (Å²) in [6.45, 7) is 4.25. The molecule has 1 N–H and O–H groups in total. The van der Waals surface area contributed by atoms with Crippen molar-refractivity contribution >= 4 is 17.9 Å². The lowest BCUT2D eigenvalue weighted by molar-refractivity contribution is -0.164. The zero-order valence-corrected chi connectivity index (χ0v) is 10.6. The van der Waals surface area contributed by atoms with Crippen molar-refractivity contribution in [3.63, 3.8) is 0 Å². The lowest BCUT2D eigenvalue weighted by atomic mass is 10.1. The van der Waals surface area contributed by atoms with Gasteiger partial charge in [-0.05, 0) is 0 Å². The fraction of sp³-hybridized carbons (Fsp3) is 0.727. The summed E-state index contributed by atoms with van der Waals surface area (Å²) in [7, 11) is 0. The number of carbonyl (C=O) groups excluding carboxylic acids is 3. The molecule has 1 fully saturated rings. The van der Waals surface area contributed by atoms with Crippen LogP contribution in [0.3, 0.4) is 0 Å². The van der Waals surface area contributed by atoms with Crippen LogP contribution in [0.25, 0.3) is 0 Å². The van der Waals surface area contributed by atoms with Crippen LogP contribution in [0.15, 0.2) is 0 Å². The highest BCUT2D eigenvalue weighted by Gasteiger charge is 2.41. The molecule has 3 atom stereocenters. The molecule has 18 heavy (non-hydrogen) atoms. The van der Waals surface area contributed by atoms with Gasteiger partial charge in [0.05, 0.1) is 6.04 Å². The molecule has 0 aromatic heterocycles. The van der Waals surface area contributed by atoms with Gasteiger partial charge in [0.1, 0.15) is 6.61 Å². The van der Waals surface area contributed by atoms with Crippen LogP contribution in [-0.2, 0) is 28.6 Å². The maximum Gasteiger partial charge on any atom is 0.303 e. The van der Waals surface area contributed by atoms with Crippen molar-refractivity contribution in [1.82, 2.24) is 5.32 Å². The highest BCUT2D eigenvalue weighted by atomic mass is 16.6. The third-order valence-corrected chi connectivity index (χ3v) is 2.43. The fourth-order valence-corrected chi connectivity index (χ4v) is 1.79. The molecule has 0 aromatic carbocycles. The van der Waals surface area contributed by atoms with Crippen molar-refractivity contribution in [2.75, 3.05) is 13.2 Å². The molecule has 0 amide bonds. The van der Waals surface area contributed by atoms with Gasteiger partial charge in [-0.2, -0.15) is 0 Å². The summed E-state index contributed by atoms with van der Waals surface area (Å²) >= 11 is 0. The first-order chi connectivity index (χ1) is 8.40. The molecule has 0 saturated carbocycles. The Morgan fingerprint density at radius 1 is 1.06 bits per heavy atom. The van der Waals surface area contributed by atoms with Crippen LogP contribution < -0.4 is 5.32 Å². The Bertz CT molecular complexity index is 342. The first-order valence-electron chi connectivity index (χ1n) is 5.61. The topological polar surface area (TPSA) is 90.9 Å². The average Bonchev–Trinajstić information content (AvgIpc) is 2.57. The second kappa shape index (κ2) is 6.34. The molecular formula is C11H17NO6. The van der Waals surface area contributed by atoms with E-state index >= 15 is 0 Å². The molecule has 7 heteroatoms. The van der Waals surface area contributed by atoms with Gasteiger partial charge in [-0.15, -0.1) is 0 Å². The van der Waals surface area contributed by atoms with Crippen molar-refractivity contribution in [3.05, 3.63) is 0 Å². The highest BCUT2D eigenvalue weighted by Crippen LogP contribution is 2.16. The Hall–Kier alpha value is -1.63. The first kappa shape index (κ1) is 14.4. The van der Waals surface area contributed by atoms with Crippen molar-refractivity contribution in [2.24, 2.45) is 0 Å². The highest BCUT2D eigenvalue weighted by molar-refractivity contribution is 5.68. The van der Waals surface area contributed by atoms with Gasteiger partial charge in [0.2, 0.25) is 0 Å². The quantitative estimate of drug-likeness (QED) is 0.531. The fourth-order valence-electron chi connectivity index (χ4n) is 1.79. The number of hydrogen-bond donors (Lipinski definition) is 1. The van der Waals surface area contributed by atoms with Crippen molar-refractivity contribution in [1.29, 1.82) is 0 Å². The second-order valence-corrected chi connectivity index (χ2v) is 4.04. The van der Waals surface area contributed by atoms with E-state index < -0.39 is 30.1 Å².